The molecule has 0 unspecified atom stereocenters. The molecule has 1 fully saturated rings. The number of nitrogens with zero attached hydrogens (tertiary/aromatic N) is 2. The predicted molar refractivity (Wildman–Crippen MR) is 97.2 cm³/mol. The lowest BCUT2D eigenvalue weighted by Gasteiger charge is -2.27. The van der Waals surface area contributed by atoms with Crippen molar-refractivity contribution in [3.05, 3.63) is 23.9 Å². The number of rotatable bonds is 8. The van der Waals surface area contributed by atoms with E-state index in [1.807, 2.05) is 30.0 Å². The second kappa shape index (κ2) is 8.98. The van der Waals surface area contributed by atoms with Gasteiger partial charge in [0.15, 0.2) is 0 Å². The first-order valence-corrected chi connectivity index (χ1v) is 8.96. The van der Waals surface area contributed by atoms with Gasteiger partial charge in [-0.2, -0.15) is 5.10 Å². The predicted octanol–water partition coefficient (Wildman–Crippen LogP) is 0.450. The Morgan fingerprint density at radius 3 is 3.08 bits per heavy atom. The lowest BCUT2D eigenvalue weighted by atomic mass is 10.2. The van der Waals surface area contributed by atoms with Crippen LogP contribution in [0.1, 0.15) is 12.1 Å². The quantitative estimate of drug-likeness (QED) is 0.590. The van der Waals surface area contributed by atoms with E-state index in [0.717, 1.165) is 16.6 Å². The number of amides is 1. The number of hydrogen-bond donors (Lipinski definition) is 3. The third kappa shape index (κ3) is 4.72. The van der Waals surface area contributed by atoms with E-state index in [0.29, 0.717) is 51.6 Å². The second-order valence-electron chi connectivity index (χ2n) is 6.40. The number of morpholine rings is 1. The topological polar surface area (TPSA) is 99.7 Å². The van der Waals surface area contributed by atoms with Gasteiger partial charge in [0.1, 0.15) is 18.5 Å². The molecule has 0 bridgehead atoms. The normalized spacial score (nSPS) is 16.0. The molecule has 1 aromatic carbocycles. The van der Waals surface area contributed by atoms with Crippen LogP contribution in [0.2, 0.25) is 0 Å². The molecule has 1 atom stereocenters. The van der Waals surface area contributed by atoms with Crippen LogP contribution in [0.15, 0.2) is 18.2 Å². The molecule has 3 N–H and O–H groups in total. The van der Waals surface area contributed by atoms with E-state index in [4.69, 9.17) is 9.47 Å². The van der Waals surface area contributed by atoms with Crippen molar-refractivity contribution in [3.63, 3.8) is 0 Å². The van der Waals surface area contributed by atoms with Gasteiger partial charge in [0.25, 0.3) is 0 Å². The van der Waals surface area contributed by atoms with Crippen molar-refractivity contribution in [2.45, 2.75) is 19.4 Å². The smallest absolute Gasteiger partial charge is 0.224 e. The van der Waals surface area contributed by atoms with E-state index in [2.05, 4.69) is 15.5 Å². The van der Waals surface area contributed by atoms with Crippen molar-refractivity contribution in [2.75, 3.05) is 46.0 Å². The van der Waals surface area contributed by atoms with Crippen molar-refractivity contribution in [3.8, 4) is 5.75 Å². The first-order valence-electron chi connectivity index (χ1n) is 8.96. The zero-order valence-electron chi connectivity index (χ0n) is 15.0. The van der Waals surface area contributed by atoms with Gasteiger partial charge in [-0.3, -0.25) is 9.89 Å². The van der Waals surface area contributed by atoms with Crippen LogP contribution in [-0.4, -0.2) is 78.2 Å². The summed E-state index contributed by atoms with van der Waals surface area (Å²) in [5, 5.41) is 21.3. The second-order valence-corrected chi connectivity index (χ2v) is 6.40. The van der Waals surface area contributed by atoms with Crippen LogP contribution in [0.25, 0.3) is 10.9 Å². The summed E-state index contributed by atoms with van der Waals surface area (Å²) in [7, 11) is 0. The number of aryl methyl sites for hydroxylation is 1. The summed E-state index contributed by atoms with van der Waals surface area (Å²) in [6.07, 6.45) is -0.239. The fourth-order valence-corrected chi connectivity index (χ4v) is 3.00. The van der Waals surface area contributed by atoms with Gasteiger partial charge in [0, 0.05) is 32.6 Å². The Kier molecular flexibility index (Phi) is 6.43. The zero-order valence-corrected chi connectivity index (χ0v) is 15.0. The molecule has 1 amide bonds. The Bertz CT molecular complexity index is 727. The van der Waals surface area contributed by atoms with E-state index in [-0.39, 0.29) is 12.5 Å². The number of aromatic amines is 1. The Balaban J connectivity index is 1.37. The van der Waals surface area contributed by atoms with Gasteiger partial charge in [-0.1, -0.05) is 6.07 Å². The van der Waals surface area contributed by atoms with Gasteiger partial charge in [-0.05, 0) is 19.1 Å². The maximum absolute atomic E-state index is 12.0. The van der Waals surface area contributed by atoms with E-state index in [1.54, 1.807) is 0 Å². The maximum Gasteiger partial charge on any atom is 0.224 e. The standard InChI is InChI=1S/C18H26N4O4/c1-13-18-15(21-20-13)3-2-4-16(18)26-12-14(23)11-19-6-5-17(24)22-7-9-25-10-8-22/h2-4,14,19,23H,5-12H2,1H3,(H,20,21)/t14-/m0/s1. The highest BCUT2D eigenvalue weighted by molar-refractivity contribution is 5.87. The number of carbonyl (C=O) groups is 1. The fourth-order valence-electron chi connectivity index (χ4n) is 3.00. The molecule has 0 saturated carbocycles. The summed E-state index contributed by atoms with van der Waals surface area (Å²) in [6, 6.07) is 5.69. The van der Waals surface area contributed by atoms with Crippen LogP contribution in [0.4, 0.5) is 0 Å². The maximum atomic E-state index is 12.0. The number of aliphatic hydroxyl groups is 1. The van der Waals surface area contributed by atoms with Crippen molar-refractivity contribution in [2.24, 2.45) is 0 Å². The first-order chi connectivity index (χ1) is 12.6. The minimum absolute atomic E-state index is 0.119. The van der Waals surface area contributed by atoms with E-state index in [9.17, 15) is 9.90 Å². The first kappa shape index (κ1) is 18.6. The Hall–Kier alpha value is -2.16. The largest absolute Gasteiger partial charge is 0.490 e. The number of hydrogen-bond acceptors (Lipinski definition) is 6. The molecule has 26 heavy (non-hydrogen) atoms. The van der Waals surface area contributed by atoms with E-state index < -0.39 is 6.10 Å². The number of nitrogens with one attached hydrogen (secondary N) is 2. The molecule has 142 valence electrons. The fraction of sp³-hybridized carbons (Fsp3) is 0.556. The van der Waals surface area contributed by atoms with Crippen LogP contribution in [0.5, 0.6) is 5.75 Å². The van der Waals surface area contributed by atoms with Gasteiger partial charge in [0.05, 0.1) is 29.8 Å². The molecule has 0 spiro atoms. The molecule has 1 aromatic heterocycles. The molecule has 0 aliphatic carbocycles. The molecule has 8 nitrogen and oxygen atoms in total. The molecule has 0 radical (unpaired) electrons. The average Bonchev–Trinajstić information content (AvgIpc) is 3.06. The lowest BCUT2D eigenvalue weighted by Crippen LogP contribution is -2.42. The summed E-state index contributed by atoms with van der Waals surface area (Å²) in [5.41, 5.74) is 1.78. The van der Waals surface area contributed by atoms with Crippen LogP contribution >= 0.6 is 0 Å². The Labute approximate surface area is 152 Å². The number of fused-ring (bicyclic) bond motifs is 1. The monoisotopic (exact) mass is 362 g/mol. The highest BCUT2D eigenvalue weighted by Crippen LogP contribution is 2.26. The molecular weight excluding hydrogens is 336 g/mol. The van der Waals surface area contributed by atoms with Gasteiger partial charge < -0.3 is 24.8 Å². The van der Waals surface area contributed by atoms with Gasteiger partial charge in [-0.15, -0.1) is 0 Å². The Morgan fingerprint density at radius 2 is 2.27 bits per heavy atom. The average molecular weight is 362 g/mol. The van der Waals surface area contributed by atoms with Crippen molar-refractivity contribution in [1.82, 2.24) is 20.4 Å². The van der Waals surface area contributed by atoms with E-state index >= 15 is 0 Å². The minimum Gasteiger partial charge on any atom is -0.490 e. The number of H-pyrrole nitrogens is 1. The number of aliphatic hydroxyl groups excluding tert-OH is 1. The summed E-state index contributed by atoms with van der Waals surface area (Å²) in [4.78, 5) is 13.8. The molecule has 8 heteroatoms. The summed E-state index contributed by atoms with van der Waals surface area (Å²) >= 11 is 0. The molecule has 1 aliphatic rings. The highest BCUT2D eigenvalue weighted by Gasteiger charge is 2.16. The van der Waals surface area contributed by atoms with Crippen molar-refractivity contribution in [1.29, 1.82) is 0 Å². The number of benzene rings is 1. The Morgan fingerprint density at radius 1 is 1.46 bits per heavy atom. The molecule has 1 saturated heterocycles. The van der Waals surface area contributed by atoms with Gasteiger partial charge >= 0.3 is 0 Å². The van der Waals surface area contributed by atoms with Crippen molar-refractivity contribution < 1.29 is 19.4 Å². The molecule has 2 aromatic rings. The third-order valence-corrected chi connectivity index (χ3v) is 4.42. The molecule has 2 heterocycles. The van der Waals surface area contributed by atoms with Crippen LogP contribution in [-0.2, 0) is 9.53 Å². The SMILES string of the molecule is Cc1n[nH]c2cccc(OC[C@@H](O)CNCCC(=O)N3CCOCC3)c12. The van der Waals surface area contributed by atoms with E-state index in [1.165, 1.54) is 0 Å². The molecular formula is C18H26N4O4. The third-order valence-electron chi connectivity index (χ3n) is 4.42. The summed E-state index contributed by atoms with van der Waals surface area (Å²) < 4.78 is 11.0. The minimum atomic E-state index is -0.657. The molecule has 3 rings (SSSR count). The van der Waals surface area contributed by atoms with Gasteiger partial charge in [0.2, 0.25) is 5.91 Å². The number of aromatic nitrogens is 2. The highest BCUT2D eigenvalue weighted by atomic mass is 16.5. The van der Waals surface area contributed by atoms with Gasteiger partial charge in [-0.25, -0.2) is 0 Å². The number of carbonyl (C=O) groups excluding carboxylic acids is 1. The molecule has 1 aliphatic heterocycles. The zero-order chi connectivity index (χ0) is 18.4. The lowest BCUT2D eigenvalue weighted by molar-refractivity contribution is -0.135. The van der Waals surface area contributed by atoms with Crippen LogP contribution < -0.4 is 10.1 Å². The van der Waals surface area contributed by atoms with Crippen LogP contribution in [0.3, 0.4) is 0 Å². The van der Waals surface area contributed by atoms with Crippen molar-refractivity contribution >= 4 is 16.8 Å². The summed E-state index contributed by atoms with van der Waals surface area (Å²) in [6.45, 7) is 5.53. The summed E-state index contributed by atoms with van der Waals surface area (Å²) in [5.74, 6) is 0.823. The number of ether oxygens (including phenoxy) is 2. The van der Waals surface area contributed by atoms with Crippen LogP contribution in [0, 0.1) is 6.92 Å².